The minimum absolute atomic E-state index is 0.0849. The Morgan fingerprint density at radius 2 is 2.05 bits per heavy atom. The number of esters is 1. The van der Waals surface area contributed by atoms with Crippen LogP contribution in [0.4, 0.5) is 0 Å². The first-order valence-electron chi connectivity index (χ1n) is 6.00. The van der Waals surface area contributed by atoms with Crippen LogP contribution in [-0.2, 0) is 14.8 Å². The Morgan fingerprint density at radius 1 is 1.35 bits per heavy atom. The SMILES string of the molecule is CCNCCNS(=O)(=O)c1ccc(C(=O)OC)cc1Br. The van der Waals surface area contributed by atoms with Crippen molar-refractivity contribution < 1.29 is 17.9 Å². The summed E-state index contributed by atoms with van der Waals surface area (Å²) in [6.07, 6.45) is 0. The van der Waals surface area contributed by atoms with E-state index in [2.05, 4.69) is 30.7 Å². The van der Waals surface area contributed by atoms with Gasteiger partial charge in [0.2, 0.25) is 10.0 Å². The molecule has 8 heteroatoms. The molecule has 0 radical (unpaired) electrons. The molecule has 0 heterocycles. The lowest BCUT2D eigenvalue weighted by molar-refractivity contribution is 0.0600. The van der Waals surface area contributed by atoms with Crippen LogP contribution in [0.1, 0.15) is 17.3 Å². The van der Waals surface area contributed by atoms with E-state index < -0.39 is 16.0 Å². The van der Waals surface area contributed by atoms with E-state index in [1.807, 2.05) is 6.92 Å². The lowest BCUT2D eigenvalue weighted by atomic mass is 10.2. The first-order chi connectivity index (χ1) is 9.42. The van der Waals surface area contributed by atoms with Crippen LogP contribution >= 0.6 is 15.9 Å². The Balaban J connectivity index is 2.88. The molecule has 0 aliphatic rings. The smallest absolute Gasteiger partial charge is 0.337 e. The molecule has 0 aromatic heterocycles. The van der Waals surface area contributed by atoms with E-state index in [9.17, 15) is 13.2 Å². The fraction of sp³-hybridized carbons (Fsp3) is 0.417. The number of hydrogen-bond acceptors (Lipinski definition) is 5. The quantitative estimate of drug-likeness (QED) is 0.559. The van der Waals surface area contributed by atoms with Gasteiger partial charge in [0.25, 0.3) is 0 Å². The highest BCUT2D eigenvalue weighted by molar-refractivity contribution is 9.10. The molecule has 0 amide bonds. The minimum atomic E-state index is -3.61. The van der Waals surface area contributed by atoms with E-state index in [1.54, 1.807) is 0 Å². The average Bonchev–Trinajstić information content (AvgIpc) is 2.42. The Morgan fingerprint density at radius 3 is 2.60 bits per heavy atom. The molecule has 1 rings (SSSR count). The van der Waals surface area contributed by atoms with E-state index in [-0.39, 0.29) is 10.5 Å². The highest BCUT2D eigenvalue weighted by atomic mass is 79.9. The minimum Gasteiger partial charge on any atom is -0.465 e. The molecule has 0 spiro atoms. The van der Waals surface area contributed by atoms with Gasteiger partial charge in [0, 0.05) is 17.6 Å². The van der Waals surface area contributed by atoms with Gasteiger partial charge in [0.05, 0.1) is 17.6 Å². The molecule has 0 aliphatic heterocycles. The number of rotatable bonds is 7. The Kier molecular flexibility index (Phi) is 6.60. The molecular weight excluding hydrogens is 348 g/mol. The summed E-state index contributed by atoms with van der Waals surface area (Å²) in [5.74, 6) is -0.519. The standard InChI is InChI=1S/C12H17BrN2O4S/c1-3-14-6-7-15-20(17,18)11-5-4-9(8-10(11)13)12(16)19-2/h4-5,8,14-15H,3,6-7H2,1-2H3. The molecule has 1 aromatic rings. The van der Waals surface area contributed by atoms with Crippen molar-refractivity contribution in [2.24, 2.45) is 0 Å². The van der Waals surface area contributed by atoms with Gasteiger partial charge in [0.15, 0.2) is 0 Å². The summed E-state index contributed by atoms with van der Waals surface area (Å²) >= 11 is 3.16. The molecule has 0 saturated heterocycles. The normalized spacial score (nSPS) is 11.3. The topological polar surface area (TPSA) is 84.5 Å². The monoisotopic (exact) mass is 364 g/mol. The summed E-state index contributed by atoms with van der Waals surface area (Å²) < 4.78 is 31.5. The Bertz CT molecular complexity index is 575. The number of carbonyl (C=O) groups excluding carboxylic acids is 1. The van der Waals surface area contributed by atoms with Crippen molar-refractivity contribution in [2.75, 3.05) is 26.7 Å². The maximum absolute atomic E-state index is 12.1. The van der Waals surface area contributed by atoms with Gasteiger partial charge in [-0.15, -0.1) is 0 Å². The molecule has 0 saturated carbocycles. The molecule has 0 bridgehead atoms. The predicted octanol–water partition coefficient (Wildman–Crippen LogP) is 1.12. The molecule has 0 aliphatic carbocycles. The summed E-state index contributed by atoms with van der Waals surface area (Å²) in [5.41, 5.74) is 0.283. The largest absolute Gasteiger partial charge is 0.465 e. The summed E-state index contributed by atoms with van der Waals surface area (Å²) in [6.45, 7) is 3.56. The van der Waals surface area contributed by atoms with Crippen molar-refractivity contribution in [1.82, 2.24) is 10.0 Å². The number of likely N-dealkylation sites (N-methyl/N-ethyl adjacent to an activating group) is 1. The summed E-state index contributed by atoms with van der Waals surface area (Å²) in [6, 6.07) is 4.20. The second-order valence-electron chi connectivity index (χ2n) is 3.89. The number of ether oxygens (including phenoxy) is 1. The van der Waals surface area contributed by atoms with Crippen molar-refractivity contribution in [3.05, 3.63) is 28.2 Å². The van der Waals surface area contributed by atoms with Gasteiger partial charge in [-0.05, 0) is 40.7 Å². The van der Waals surface area contributed by atoms with Crippen molar-refractivity contribution in [1.29, 1.82) is 0 Å². The van der Waals surface area contributed by atoms with Gasteiger partial charge < -0.3 is 10.1 Å². The lowest BCUT2D eigenvalue weighted by Gasteiger charge is -2.09. The van der Waals surface area contributed by atoms with Gasteiger partial charge in [-0.2, -0.15) is 0 Å². The predicted molar refractivity (Wildman–Crippen MR) is 79.2 cm³/mol. The zero-order chi connectivity index (χ0) is 15.2. The molecule has 6 nitrogen and oxygen atoms in total. The van der Waals surface area contributed by atoms with Crippen molar-refractivity contribution in [2.45, 2.75) is 11.8 Å². The summed E-state index contributed by atoms with van der Waals surface area (Å²) in [4.78, 5) is 11.4. The van der Waals surface area contributed by atoms with Crippen LogP contribution < -0.4 is 10.0 Å². The van der Waals surface area contributed by atoms with E-state index in [0.29, 0.717) is 17.6 Å². The van der Waals surface area contributed by atoms with Gasteiger partial charge in [-0.25, -0.2) is 17.9 Å². The summed E-state index contributed by atoms with van der Waals surface area (Å²) in [7, 11) is -2.34. The Labute approximate surface area is 127 Å². The zero-order valence-electron chi connectivity index (χ0n) is 11.3. The van der Waals surface area contributed by atoms with E-state index in [4.69, 9.17) is 0 Å². The molecule has 20 heavy (non-hydrogen) atoms. The molecule has 2 N–H and O–H groups in total. The average molecular weight is 365 g/mol. The number of carbonyl (C=O) groups is 1. The van der Waals surface area contributed by atoms with Crippen LogP contribution in [0.15, 0.2) is 27.6 Å². The highest BCUT2D eigenvalue weighted by Gasteiger charge is 2.18. The van der Waals surface area contributed by atoms with E-state index >= 15 is 0 Å². The van der Waals surface area contributed by atoms with Crippen LogP contribution in [0.25, 0.3) is 0 Å². The number of benzene rings is 1. The highest BCUT2D eigenvalue weighted by Crippen LogP contribution is 2.23. The molecule has 112 valence electrons. The molecule has 0 fully saturated rings. The maximum atomic E-state index is 12.1. The van der Waals surface area contributed by atoms with Crippen molar-refractivity contribution in [3.63, 3.8) is 0 Å². The molecule has 1 aromatic carbocycles. The first kappa shape index (κ1) is 17.1. The molecule has 0 unspecified atom stereocenters. The number of nitrogens with one attached hydrogen (secondary N) is 2. The third-order valence-corrected chi connectivity index (χ3v) is 4.92. The van der Waals surface area contributed by atoms with Crippen LogP contribution in [-0.4, -0.2) is 41.1 Å². The van der Waals surface area contributed by atoms with E-state index in [0.717, 1.165) is 6.54 Å². The van der Waals surface area contributed by atoms with Gasteiger partial charge in [-0.3, -0.25) is 0 Å². The van der Waals surface area contributed by atoms with Crippen molar-refractivity contribution >= 4 is 31.9 Å². The fourth-order valence-corrected chi connectivity index (χ4v) is 3.60. The number of halogens is 1. The number of sulfonamides is 1. The molecule has 0 atom stereocenters. The number of methoxy groups -OCH3 is 1. The van der Waals surface area contributed by atoms with Gasteiger partial charge in [0.1, 0.15) is 0 Å². The van der Waals surface area contributed by atoms with Gasteiger partial charge in [-0.1, -0.05) is 6.92 Å². The zero-order valence-corrected chi connectivity index (χ0v) is 13.7. The van der Waals surface area contributed by atoms with Crippen LogP contribution in [0.5, 0.6) is 0 Å². The third kappa shape index (κ3) is 4.55. The Hall–Kier alpha value is -0.960. The first-order valence-corrected chi connectivity index (χ1v) is 8.28. The molecular formula is C12H17BrN2O4S. The van der Waals surface area contributed by atoms with E-state index in [1.165, 1.54) is 25.3 Å². The second kappa shape index (κ2) is 7.72. The fourth-order valence-electron chi connectivity index (χ4n) is 1.49. The maximum Gasteiger partial charge on any atom is 0.337 e. The summed E-state index contributed by atoms with van der Waals surface area (Å²) in [5, 5.41) is 3.02. The van der Waals surface area contributed by atoms with Crippen LogP contribution in [0.3, 0.4) is 0 Å². The van der Waals surface area contributed by atoms with Crippen LogP contribution in [0, 0.1) is 0 Å². The third-order valence-electron chi connectivity index (χ3n) is 2.49. The van der Waals surface area contributed by atoms with Crippen molar-refractivity contribution in [3.8, 4) is 0 Å². The second-order valence-corrected chi connectivity index (χ2v) is 6.48. The van der Waals surface area contributed by atoms with Gasteiger partial charge >= 0.3 is 5.97 Å². The number of hydrogen-bond donors (Lipinski definition) is 2. The lowest BCUT2D eigenvalue weighted by Crippen LogP contribution is -2.32. The van der Waals surface area contributed by atoms with Crippen LogP contribution in [0.2, 0.25) is 0 Å².